The van der Waals surface area contributed by atoms with Gasteiger partial charge >= 0.3 is 24.1 Å². The number of esters is 2. The van der Waals surface area contributed by atoms with Crippen LogP contribution in [0.25, 0.3) is 0 Å². The predicted octanol–water partition coefficient (Wildman–Crippen LogP) is 5.17. The van der Waals surface area contributed by atoms with Crippen LogP contribution in [0.3, 0.4) is 0 Å². The third kappa shape index (κ3) is 10.5. The summed E-state index contributed by atoms with van der Waals surface area (Å²) in [5.41, 5.74) is 6.48. The molecule has 1 aromatic carbocycles. The molecule has 3 N–H and O–H groups in total. The zero-order valence-electron chi connectivity index (χ0n) is 24.4. The summed E-state index contributed by atoms with van der Waals surface area (Å²) in [6, 6.07) is 3.11. The van der Waals surface area contributed by atoms with Crippen molar-refractivity contribution >= 4 is 24.1 Å². The predicted molar refractivity (Wildman–Crippen MR) is 145 cm³/mol. The van der Waals surface area contributed by atoms with E-state index >= 15 is 0 Å². The molecule has 0 aliphatic heterocycles. The number of ether oxygens (including phenoxy) is 4. The van der Waals surface area contributed by atoms with Gasteiger partial charge in [0, 0.05) is 5.92 Å². The summed E-state index contributed by atoms with van der Waals surface area (Å²) in [5, 5.41) is 9.71. The van der Waals surface area contributed by atoms with Gasteiger partial charge in [0.25, 0.3) is 0 Å². The van der Waals surface area contributed by atoms with Gasteiger partial charge in [0.15, 0.2) is 11.5 Å². The Morgan fingerprint density at radius 1 is 0.846 bits per heavy atom. The summed E-state index contributed by atoms with van der Waals surface area (Å²) < 4.78 is 21.5. The second kappa shape index (κ2) is 16.1. The molecule has 0 saturated carbocycles. The Hall–Kier alpha value is -3.14. The maximum absolute atomic E-state index is 12.8. The van der Waals surface area contributed by atoms with E-state index in [0.717, 1.165) is 6.42 Å². The van der Waals surface area contributed by atoms with Gasteiger partial charge in [-0.25, -0.2) is 4.79 Å². The average Bonchev–Trinajstić information content (AvgIpc) is 2.87. The van der Waals surface area contributed by atoms with Crippen LogP contribution in [0.2, 0.25) is 0 Å². The van der Waals surface area contributed by atoms with E-state index in [-0.39, 0.29) is 36.5 Å². The molecule has 0 amide bonds. The number of carbonyl (C=O) groups is 4. The molecule has 0 aliphatic rings. The molecular weight excluding hydrogens is 506 g/mol. The molecule has 220 valence electrons. The molecule has 39 heavy (non-hydrogen) atoms. The average molecular weight is 552 g/mol. The monoisotopic (exact) mass is 551 g/mol. The van der Waals surface area contributed by atoms with Crippen LogP contribution in [0.4, 0.5) is 4.79 Å². The minimum absolute atomic E-state index is 0.00456. The van der Waals surface area contributed by atoms with Gasteiger partial charge in [-0.15, -0.1) is 0 Å². The van der Waals surface area contributed by atoms with Crippen molar-refractivity contribution in [3.63, 3.8) is 0 Å². The first-order valence-electron chi connectivity index (χ1n) is 13.6. The first-order chi connectivity index (χ1) is 18.2. The largest absolute Gasteiger partial charge is 0.508 e. The zero-order valence-corrected chi connectivity index (χ0v) is 24.4. The Morgan fingerprint density at radius 3 is 1.87 bits per heavy atom. The molecule has 5 atom stereocenters. The molecule has 0 aromatic heterocycles. The van der Waals surface area contributed by atoms with Gasteiger partial charge in [0.2, 0.25) is 0 Å². The number of aliphatic carboxylic acids is 1. The highest BCUT2D eigenvalue weighted by atomic mass is 16.7. The van der Waals surface area contributed by atoms with Crippen LogP contribution < -0.4 is 15.2 Å². The molecule has 1 aromatic rings. The highest BCUT2D eigenvalue weighted by molar-refractivity contribution is 5.79. The highest BCUT2D eigenvalue weighted by Crippen LogP contribution is 2.37. The number of carboxylic acid groups (broad SMARTS) is 1. The third-order valence-electron chi connectivity index (χ3n) is 6.98. The van der Waals surface area contributed by atoms with E-state index in [9.17, 15) is 24.3 Å². The minimum atomic E-state index is -1.37. The van der Waals surface area contributed by atoms with Crippen LogP contribution in [-0.2, 0) is 23.9 Å². The first kappa shape index (κ1) is 33.9. The lowest BCUT2D eigenvalue weighted by atomic mass is 9.82. The van der Waals surface area contributed by atoms with Crippen LogP contribution in [-0.4, -0.2) is 48.4 Å². The fourth-order valence-electron chi connectivity index (χ4n) is 3.53. The smallest absolute Gasteiger partial charge is 0.480 e. The van der Waals surface area contributed by atoms with Crippen molar-refractivity contribution in [2.75, 3.05) is 13.2 Å². The van der Waals surface area contributed by atoms with Crippen LogP contribution in [0.15, 0.2) is 18.2 Å². The summed E-state index contributed by atoms with van der Waals surface area (Å²) in [5.74, 6) is -4.50. The minimum Gasteiger partial charge on any atom is -0.480 e. The number of hydrogen-bond acceptors (Lipinski definition) is 9. The number of unbranched alkanes of at least 4 members (excludes halogenated alkanes) is 1. The summed E-state index contributed by atoms with van der Waals surface area (Å²) in [7, 11) is 0. The van der Waals surface area contributed by atoms with Crippen molar-refractivity contribution in [1.82, 2.24) is 0 Å². The maximum Gasteiger partial charge on any atom is 0.508 e. The van der Waals surface area contributed by atoms with E-state index in [1.807, 2.05) is 34.6 Å². The van der Waals surface area contributed by atoms with Crippen molar-refractivity contribution in [3.05, 3.63) is 23.8 Å². The van der Waals surface area contributed by atoms with E-state index in [1.165, 1.54) is 12.1 Å². The molecule has 1 rings (SSSR count). The second-order valence-electron chi connectivity index (χ2n) is 10.7. The van der Waals surface area contributed by atoms with E-state index < -0.39 is 53.8 Å². The molecular formula is C29H45NO9. The van der Waals surface area contributed by atoms with Crippen LogP contribution in [0.5, 0.6) is 11.5 Å². The highest BCUT2D eigenvalue weighted by Gasteiger charge is 2.33. The van der Waals surface area contributed by atoms with Crippen molar-refractivity contribution < 1.29 is 43.2 Å². The number of carboxylic acids is 1. The summed E-state index contributed by atoms with van der Waals surface area (Å²) in [6.07, 6.45) is 0.696. The van der Waals surface area contributed by atoms with Gasteiger partial charge in [0.1, 0.15) is 6.04 Å². The number of benzene rings is 1. The Bertz CT molecular complexity index is 976. The molecule has 0 radical (unpaired) electrons. The summed E-state index contributed by atoms with van der Waals surface area (Å²) in [4.78, 5) is 49.3. The van der Waals surface area contributed by atoms with Crippen LogP contribution in [0, 0.1) is 29.6 Å². The van der Waals surface area contributed by atoms with Crippen LogP contribution in [0.1, 0.15) is 79.7 Å². The number of nitrogens with two attached hydrogens (primary N) is 1. The number of carbonyl (C=O) groups excluding carboxylic acids is 3. The maximum atomic E-state index is 12.8. The van der Waals surface area contributed by atoms with Crippen molar-refractivity contribution in [3.8, 4) is 11.5 Å². The molecule has 0 saturated heterocycles. The number of hydrogen-bond donors (Lipinski definition) is 2. The Balaban J connectivity index is 3.39. The SMILES string of the molecule is CCCCOC(=O)OCC(C)C(c1ccc(OC(=O)C(C)C(C)C)c(OC(=O)C(C)C(C)C)c1)[C@H](N)C(=O)O. The Morgan fingerprint density at radius 2 is 1.38 bits per heavy atom. The van der Waals surface area contributed by atoms with E-state index in [0.29, 0.717) is 12.0 Å². The van der Waals surface area contributed by atoms with Crippen molar-refractivity contribution in [2.24, 2.45) is 35.3 Å². The third-order valence-corrected chi connectivity index (χ3v) is 6.98. The molecule has 0 fully saturated rings. The van der Waals surface area contributed by atoms with Gasteiger partial charge in [-0.05, 0) is 41.9 Å². The number of rotatable bonds is 15. The molecule has 4 unspecified atom stereocenters. The van der Waals surface area contributed by atoms with Crippen LogP contribution >= 0.6 is 0 Å². The lowest BCUT2D eigenvalue weighted by molar-refractivity contribution is -0.142. The van der Waals surface area contributed by atoms with Crippen molar-refractivity contribution in [2.45, 2.75) is 80.2 Å². The second-order valence-corrected chi connectivity index (χ2v) is 10.7. The Labute approximate surface area is 231 Å². The normalized spacial score (nSPS) is 15.2. The lowest BCUT2D eigenvalue weighted by Crippen LogP contribution is -2.40. The quantitative estimate of drug-likeness (QED) is 0.170. The van der Waals surface area contributed by atoms with E-state index in [1.54, 1.807) is 26.8 Å². The van der Waals surface area contributed by atoms with E-state index in [2.05, 4.69) is 0 Å². The fourth-order valence-corrected chi connectivity index (χ4v) is 3.53. The molecule has 0 aliphatic carbocycles. The Kier molecular flexibility index (Phi) is 14.0. The molecule has 10 nitrogen and oxygen atoms in total. The van der Waals surface area contributed by atoms with Crippen molar-refractivity contribution in [1.29, 1.82) is 0 Å². The van der Waals surface area contributed by atoms with Gasteiger partial charge in [-0.3, -0.25) is 14.4 Å². The van der Waals surface area contributed by atoms with Gasteiger partial charge < -0.3 is 29.8 Å². The summed E-state index contributed by atoms with van der Waals surface area (Å²) >= 11 is 0. The van der Waals surface area contributed by atoms with E-state index in [4.69, 9.17) is 24.7 Å². The summed E-state index contributed by atoms with van der Waals surface area (Å²) in [6.45, 7) is 14.7. The van der Waals surface area contributed by atoms with Gasteiger partial charge in [-0.2, -0.15) is 0 Å². The molecule has 0 bridgehead atoms. The first-order valence-corrected chi connectivity index (χ1v) is 13.6. The lowest BCUT2D eigenvalue weighted by Gasteiger charge is -2.28. The zero-order chi connectivity index (χ0) is 29.9. The molecule has 0 spiro atoms. The molecule has 10 heteroatoms. The van der Waals surface area contributed by atoms with Gasteiger partial charge in [0.05, 0.1) is 25.0 Å². The molecule has 0 heterocycles. The fraction of sp³-hybridized carbons (Fsp3) is 0.655. The standard InChI is InChI=1S/C29H45NO9/c1-9-10-13-36-29(35)37-15-18(6)24(25(30)26(31)32)21-11-12-22(38-27(33)19(7)16(2)3)23(14-21)39-28(34)20(8)17(4)5/h11-12,14,16-20,24-25H,9-10,13,15,30H2,1-8H3,(H,31,32)/t18?,19?,20?,24?,25-/m0/s1. The topological polar surface area (TPSA) is 151 Å². The van der Waals surface area contributed by atoms with Gasteiger partial charge in [-0.1, -0.05) is 67.9 Å².